The Kier molecular flexibility index (Phi) is 2.72. The lowest BCUT2D eigenvalue weighted by Gasteiger charge is -2.16. The molecule has 18 heavy (non-hydrogen) atoms. The second kappa shape index (κ2) is 4.38. The highest BCUT2D eigenvalue weighted by molar-refractivity contribution is 6.06. The predicted octanol–water partition coefficient (Wildman–Crippen LogP) is 1.41. The highest BCUT2D eigenvalue weighted by Crippen LogP contribution is 2.20. The number of likely N-dealkylation sites (tertiary alicyclic amines) is 1. The van der Waals surface area contributed by atoms with Crippen LogP contribution in [0.25, 0.3) is 10.9 Å². The molecule has 4 nitrogen and oxygen atoms in total. The van der Waals surface area contributed by atoms with Crippen LogP contribution in [0.2, 0.25) is 0 Å². The predicted molar refractivity (Wildman–Crippen MR) is 70.2 cm³/mol. The zero-order chi connectivity index (χ0) is 12.5. The van der Waals surface area contributed by atoms with E-state index in [1.54, 1.807) is 6.20 Å². The SMILES string of the molecule is N[C@H]1CCN(C(=O)c2cccc3ncccc23)C1. The Morgan fingerprint density at radius 3 is 3.00 bits per heavy atom. The number of nitrogens with two attached hydrogens (primary N) is 1. The minimum atomic E-state index is 0.0570. The third kappa shape index (κ3) is 1.84. The standard InChI is InChI=1S/C14H15N3O/c15-10-6-8-17(9-10)14(18)12-3-1-5-13-11(12)4-2-7-16-13/h1-5,7,10H,6,8-9,15H2/t10-/m0/s1. The molecule has 2 aromatic rings. The van der Waals surface area contributed by atoms with Gasteiger partial charge in [-0.15, -0.1) is 0 Å². The largest absolute Gasteiger partial charge is 0.337 e. The summed E-state index contributed by atoms with van der Waals surface area (Å²) < 4.78 is 0. The summed E-state index contributed by atoms with van der Waals surface area (Å²) in [6.07, 6.45) is 2.62. The molecule has 1 amide bonds. The van der Waals surface area contributed by atoms with Gasteiger partial charge in [0.15, 0.2) is 0 Å². The van der Waals surface area contributed by atoms with Crippen LogP contribution in [0, 0.1) is 0 Å². The molecule has 0 saturated carbocycles. The summed E-state index contributed by atoms with van der Waals surface area (Å²) in [6, 6.07) is 9.55. The van der Waals surface area contributed by atoms with Crippen molar-refractivity contribution in [1.82, 2.24) is 9.88 Å². The van der Waals surface area contributed by atoms with Crippen molar-refractivity contribution >= 4 is 16.8 Å². The molecule has 92 valence electrons. The first-order valence-corrected chi connectivity index (χ1v) is 6.14. The molecule has 1 aliphatic rings. The van der Waals surface area contributed by atoms with E-state index in [0.29, 0.717) is 6.54 Å². The number of aromatic nitrogens is 1. The fourth-order valence-electron chi connectivity index (χ4n) is 2.43. The number of amides is 1. The first-order chi connectivity index (χ1) is 8.75. The molecule has 0 spiro atoms. The van der Waals surface area contributed by atoms with E-state index in [0.717, 1.165) is 29.4 Å². The number of fused-ring (bicyclic) bond motifs is 1. The second-order valence-electron chi connectivity index (χ2n) is 4.68. The van der Waals surface area contributed by atoms with Crippen molar-refractivity contribution in [1.29, 1.82) is 0 Å². The van der Waals surface area contributed by atoms with Crippen LogP contribution in [0.1, 0.15) is 16.8 Å². The van der Waals surface area contributed by atoms with E-state index >= 15 is 0 Å². The summed E-state index contributed by atoms with van der Waals surface area (Å²) in [5, 5.41) is 0.908. The van der Waals surface area contributed by atoms with Crippen molar-refractivity contribution < 1.29 is 4.79 Å². The summed E-state index contributed by atoms with van der Waals surface area (Å²) in [4.78, 5) is 18.5. The maximum absolute atomic E-state index is 12.4. The van der Waals surface area contributed by atoms with Gasteiger partial charge in [-0.1, -0.05) is 12.1 Å². The molecule has 0 bridgehead atoms. The molecule has 1 saturated heterocycles. The minimum absolute atomic E-state index is 0.0570. The zero-order valence-corrected chi connectivity index (χ0v) is 10.0. The van der Waals surface area contributed by atoms with Gasteiger partial charge in [0.2, 0.25) is 0 Å². The summed E-state index contributed by atoms with van der Waals surface area (Å²) in [7, 11) is 0. The third-order valence-electron chi connectivity index (χ3n) is 3.39. The van der Waals surface area contributed by atoms with Crippen molar-refractivity contribution in [3.8, 4) is 0 Å². The number of pyridine rings is 1. The van der Waals surface area contributed by atoms with E-state index < -0.39 is 0 Å². The summed E-state index contributed by atoms with van der Waals surface area (Å²) in [5.41, 5.74) is 7.42. The second-order valence-corrected chi connectivity index (χ2v) is 4.68. The molecule has 0 radical (unpaired) electrons. The smallest absolute Gasteiger partial charge is 0.254 e. The Labute approximate surface area is 105 Å². The molecule has 1 aromatic carbocycles. The molecule has 2 heterocycles. The number of nitrogens with zero attached hydrogens (tertiary/aromatic N) is 2. The van der Waals surface area contributed by atoms with Gasteiger partial charge in [-0.05, 0) is 24.6 Å². The Bertz CT molecular complexity index is 591. The van der Waals surface area contributed by atoms with Gasteiger partial charge in [0.05, 0.1) is 5.52 Å². The average molecular weight is 241 g/mol. The van der Waals surface area contributed by atoms with Crippen molar-refractivity contribution in [2.75, 3.05) is 13.1 Å². The Morgan fingerprint density at radius 1 is 1.33 bits per heavy atom. The van der Waals surface area contributed by atoms with Crippen LogP contribution < -0.4 is 5.73 Å². The third-order valence-corrected chi connectivity index (χ3v) is 3.39. The van der Waals surface area contributed by atoms with Gasteiger partial charge < -0.3 is 10.6 Å². The van der Waals surface area contributed by atoms with E-state index in [2.05, 4.69) is 4.98 Å². The molecular weight excluding hydrogens is 226 g/mol. The van der Waals surface area contributed by atoms with Gasteiger partial charge in [0.25, 0.3) is 5.91 Å². The van der Waals surface area contributed by atoms with Gasteiger partial charge in [0.1, 0.15) is 0 Å². The van der Waals surface area contributed by atoms with Crippen LogP contribution >= 0.6 is 0 Å². The maximum Gasteiger partial charge on any atom is 0.254 e. The molecule has 1 aliphatic heterocycles. The normalized spacial score (nSPS) is 19.4. The zero-order valence-electron chi connectivity index (χ0n) is 10.0. The highest BCUT2D eigenvalue weighted by Gasteiger charge is 2.25. The quantitative estimate of drug-likeness (QED) is 0.821. The summed E-state index contributed by atoms with van der Waals surface area (Å²) in [5.74, 6) is 0.0570. The number of benzene rings is 1. The minimum Gasteiger partial charge on any atom is -0.337 e. The van der Waals surface area contributed by atoms with E-state index in [4.69, 9.17) is 5.73 Å². The van der Waals surface area contributed by atoms with Crippen molar-refractivity contribution in [2.45, 2.75) is 12.5 Å². The van der Waals surface area contributed by atoms with Gasteiger partial charge in [-0.3, -0.25) is 9.78 Å². The first-order valence-electron chi connectivity index (χ1n) is 6.14. The van der Waals surface area contributed by atoms with Crippen molar-refractivity contribution in [3.63, 3.8) is 0 Å². The van der Waals surface area contributed by atoms with Crippen LogP contribution in [0.15, 0.2) is 36.5 Å². The van der Waals surface area contributed by atoms with Crippen molar-refractivity contribution in [3.05, 3.63) is 42.1 Å². The lowest BCUT2D eigenvalue weighted by atomic mass is 10.1. The monoisotopic (exact) mass is 241 g/mol. The topological polar surface area (TPSA) is 59.2 Å². The Hall–Kier alpha value is -1.94. The van der Waals surface area contributed by atoms with Crippen LogP contribution in [-0.2, 0) is 0 Å². The van der Waals surface area contributed by atoms with Crippen LogP contribution in [0.4, 0.5) is 0 Å². The molecule has 0 unspecified atom stereocenters. The van der Waals surface area contributed by atoms with Gasteiger partial charge in [0, 0.05) is 36.3 Å². The molecule has 4 heteroatoms. The highest BCUT2D eigenvalue weighted by atomic mass is 16.2. The average Bonchev–Trinajstić information content (AvgIpc) is 2.84. The van der Waals surface area contributed by atoms with Gasteiger partial charge in [-0.2, -0.15) is 0 Å². The number of rotatable bonds is 1. The molecule has 0 aliphatic carbocycles. The summed E-state index contributed by atoms with van der Waals surface area (Å²) in [6.45, 7) is 1.39. The number of carbonyl (C=O) groups is 1. The lowest BCUT2D eigenvalue weighted by Crippen LogP contribution is -2.31. The lowest BCUT2D eigenvalue weighted by molar-refractivity contribution is 0.0793. The van der Waals surface area contributed by atoms with Gasteiger partial charge in [-0.25, -0.2) is 0 Å². The van der Waals surface area contributed by atoms with Crippen molar-refractivity contribution in [2.24, 2.45) is 5.73 Å². The van der Waals surface area contributed by atoms with E-state index in [9.17, 15) is 4.79 Å². The fourth-order valence-corrected chi connectivity index (χ4v) is 2.43. The van der Waals surface area contributed by atoms with Gasteiger partial charge >= 0.3 is 0 Å². The first kappa shape index (κ1) is 11.2. The molecule has 1 atom stereocenters. The fraction of sp³-hybridized carbons (Fsp3) is 0.286. The molecule has 2 N–H and O–H groups in total. The molecule has 3 rings (SSSR count). The van der Waals surface area contributed by atoms with Crippen LogP contribution in [0.3, 0.4) is 0 Å². The maximum atomic E-state index is 12.4. The van der Waals surface area contributed by atoms with E-state index in [-0.39, 0.29) is 11.9 Å². The van der Waals surface area contributed by atoms with Crippen LogP contribution in [-0.4, -0.2) is 34.9 Å². The Morgan fingerprint density at radius 2 is 2.22 bits per heavy atom. The molecule has 1 aromatic heterocycles. The number of hydrogen-bond donors (Lipinski definition) is 1. The van der Waals surface area contributed by atoms with E-state index in [1.807, 2.05) is 35.2 Å². The number of carbonyl (C=O) groups excluding carboxylic acids is 1. The molecule has 1 fully saturated rings. The van der Waals surface area contributed by atoms with E-state index in [1.165, 1.54) is 0 Å². The molecular formula is C14H15N3O. The Balaban J connectivity index is 2.01. The number of hydrogen-bond acceptors (Lipinski definition) is 3. The summed E-state index contributed by atoms with van der Waals surface area (Å²) >= 11 is 0. The van der Waals surface area contributed by atoms with Crippen LogP contribution in [0.5, 0.6) is 0 Å².